The average molecular weight is 536 g/mol. The molecule has 0 spiro atoms. The van der Waals surface area contributed by atoms with Crippen molar-refractivity contribution in [2.75, 3.05) is 0 Å². The van der Waals surface area contributed by atoms with Crippen LogP contribution in [0.3, 0.4) is 0 Å². The number of fused-ring (bicyclic) bond motifs is 2. The van der Waals surface area contributed by atoms with Crippen molar-refractivity contribution >= 4 is 28.5 Å². The smallest absolute Gasteiger partial charge is 0.291 e. The fourth-order valence-corrected chi connectivity index (χ4v) is 5.51. The van der Waals surface area contributed by atoms with Gasteiger partial charge in [-0.1, -0.05) is 78.3 Å². The lowest BCUT2D eigenvalue weighted by Gasteiger charge is -2.26. The summed E-state index contributed by atoms with van der Waals surface area (Å²) in [4.78, 5) is 29.6. The van der Waals surface area contributed by atoms with Crippen LogP contribution in [-0.2, 0) is 13.2 Å². The molecule has 0 radical (unpaired) electrons. The lowest BCUT2D eigenvalue weighted by molar-refractivity contribution is 0.0714. The number of hydrogen-bond acceptors (Lipinski definition) is 4. The molecule has 1 unspecified atom stereocenters. The number of hydrogen-bond donors (Lipinski definition) is 0. The summed E-state index contributed by atoms with van der Waals surface area (Å²) in [5.41, 5.74) is 4.94. The molecule has 2 heterocycles. The van der Waals surface area contributed by atoms with Crippen LogP contribution in [0.5, 0.6) is 5.75 Å². The van der Waals surface area contributed by atoms with E-state index in [1.807, 2.05) is 98.8 Å². The maximum atomic E-state index is 14.0. The molecule has 39 heavy (non-hydrogen) atoms. The first kappa shape index (κ1) is 25.0. The van der Waals surface area contributed by atoms with Crippen molar-refractivity contribution in [1.29, 1.82) is 0 Å². The number of benzene rings is 4. The normalized spacial score (nSPS) is 14.6. The van der Waals surface area contributed by atoms with Crippen LogP contribution >= 0.6 is 11.6 Å². The Hall–Kier alpha value is -4.35. The van der Waals surface area contributed by atoms with Gasteiger partial charge < -0.3 is 14.1 Å². The Morgan fingerprint density at radius 3 is 2.46 bits per heavy atom. The molecule has 6 heteroatoms. The first-order chi connectivity index (χ1) is 18.9. The van der Waals surface area contributed by atoms with Gasteiger partial charge in [-0.25, -0.2) is 0 Å². The first-order valence-corrected chi connectivity index (χ1v) is 13.2. The van der Waals surface area contributed by atoms with E-state index in [-0.39, 0.29) is 23.6 Å². The number of aryl methyl sites for hydroxylation is 2. The fourth-order valence-electron chi connectivity index (χ4n) is 5.31. The summed E-state index contributed by atoms with van der Waals surface area (Å²) < 4.78 is 12.3. The molecule has 1 aliphatic rings. The molecule has 194 valence electrons. The number of halogens is 1. The maximum Gasteiger partial charge on any atom is 0.291 e. The van der Waals surface area contributed by atoms with E-state index in [0.717, 1.165) is 27.8 Å². The fraction of sp³-hybridized carbons (Fsp3) is 0.152. The molecule has 6 rings (SSSR count). The highest BCUT2D eigenvalue weighted by Crippen LogP contribution is 2.41. The topological polar surface area (TPSA) is 59.8 Å². The molecule has 4 aromatic carbocycles. The van der Waals surface area contributed by atoms with E-state index in [0.29, 0.717) is 33.9 Å². The summed E-state index contributed by atoms with van der Waals surface area (Å²) in [6.45, 7) is 4.45. The van der Waals surface area contributed by atoms with Crippen LogP contribution in [0.15, 0.2) is 100 Å². The van der Waals surface area contributed by atoms with Crippen molar-refractivity contribution < 1.29 is 13.9 Å². The van der Waals surface area contributed by atoms with Crippen molar-refractivity contribution in [2.24, 2.45) is 0 Å². The van der Waals surface area contributed by atoms with Gasteiger partial charge in [-0.3, -0.25) is 9.59 Å². The van der Waals surface area contributed by atoms with Crippen molar-refractivity contribution in [3.8, 4) is 5.75 Å². The van der Waals surface area contributed by atoms with E-state index in [9.17, 15) is 9.59 Å². The number of rotatable bonds is 6. The van der Waals surface area contributed by atoms with E-state index in [1.54, 1.807) is 11.0 Å². The molecule has 0 aliphatic carbocycles. The third-order valence-corrected chi connectivity index (χ3v) is 7.49. The summed E-state index contributed by atoms with van der Waals surface area (Å²) in [6.07, 6.45) is 0. The van der Waals surface area contributed by atoms with Crippen molar-refractivity contribution in [1.82, 2.24) is 4.90 Å². The molecular formula is C33H26ClNO4. The molecule has 0 saturated heterocycles. The standard InChI is InChI=1S/C33H26ClNO4/c1-20-15-21(2)31-26(16-20)30(36)28-29(23-12-8-13-25(17-23)38-19-22-9-4-3-5-10-22)35(33(37)32(28)39-31)18-24-11-6-7-14-27(24)34/h3-17,29H,18-19H2,1-2H3. The largest absolute Gasteiger partial charge is 0.489 e. The minimum absolute atomic E-state index is 0.0760. The van der Waals surface area contributed by atoms with E-state index in [2.05, 4.69) is 0 Å². The second kappa shape index (κ2) is 10.1. The highest BCUT2D eigenvalue weighted by molar-refractivity contribution is 6.31. The van der Waals surface area contributed by atoms with Gasteiger partial charge in [-0.05, 0) is 65.9 Å². The molecule has 0 bridgehead atoms. The molecule has 5 aromatic rings. The summed E-state index contributed by atoms with van der Waals surface area (Å²) in [7, 11) is 0. The predicted octanol–water partition coefficient (Wildman–Crippen LogP) is 7.39. The molecule has 1 aliphatic heterocycles. The van der Waals surface area contributed by atoms with Crippen LogP contribution in [-0.4, -0.2) is 10.8 Å². The Kier molecular flexibility index (Phi) is 6.45. The zero-order chi connectivity index (χ0) is 27.1. The second-order valence-corrected chi connectivity index (χ2v) is 10.3. The van der Waals surface area contributed by atoms with Gasteiger partial charge in [-0.2, -0.15) is 0 Å². The van der Waals surface area contributed by atoms with Crippen LogP contribution in [0.25, 0.3) is 11.0 Å². The molecule has 0 fully saturated rings. The van der Waals surface area contributed by atoms with Gasteiger partial charge in [0.2, 0.25) is 5.76 Å². The summed E-state index contributed by atoms with van der Waals surface area (Å²) in [6, 6.07) is 28.0. The number of ether oxygens (including phenoxy) is 1. The van der Waals surface area contributed by atoms with E-state index >= 15 is 0 Å². The first-order valence-electron chi connectivity index (χ1n) is 12.8. The number of nitrogens with zero attached hydrogens (tertiary/aromatic N) is 1. The Morgan fingerprint density at radius 2 is 1.67 bits per heavy atom. The van der Waals surface area contributed by atoms with E-state index < -0.39 is 6.04 Å². The molecule has 0 N–H and O–H groups in total. The molecule has 5 nitrogen and oxygen atoms in total. The monoisotopic (exact) mass is 535 g/mol. The SMILES string of the molecule is Cc1cc(C)c2oc3c(c(=O)c2c1)C(c1cccc(OCc2ccccc2)c1)N(Cc1ccccc1Cl)C3=O. The van der Waals surface area contributed by atoms with Gasteiger partial charge in [0.05, 0.1) is 17.0 Å². The van der Waals surface area contributed by atoms with Crippen LogP contribution in [0.1, 0.15) is 50.0 Å². The Labute approximate surface area is 231 Å². The van der Waals surface area contributed by atoms with Crippen LogP contribution in [0, 0.1) is 13.8 Å². The van der Waals surface area contributed by atoms with Gasteiger partial charge in [0.25, 0.3) is 5.91 Å². The molecular weight excluding hydrogens is 510 g/mol. The summed E-state index contributed by atoms with van der Waals surface area (Å²) in [5, 5.41) is 1.02. The van der Waals surface area contributed by atoms with Gasteiger partial charge in [0.1, 0.15) is 17.9 Å². The molecule has 1 atom stereocenters. The van der Waals surface area contributed by atoms with Crippen molar-refractivity contribution in [3.05, 3.63) is 145 Å². The lowest BCUT2D eigenvalue weighted by atomic mass is 9.97. The number of amides is 1. The Bertz CT molecular complexity index is 1780. The van der Waals surface area contributed by atoms with Gasteiger partial charge in [-0.15, -0.1) is 0 Å². The highest BCUT2D eigenvalue weighted by Gasteiger charge is 2.43. The second-order valence-electron chi connectivity index (χ2n) is 9.91. The lowest BCUT2D eigenvalue weighted by Crippen LogP contribution is -2.29. The zero-order valence-electron chi connectivity index (χ0n) is 21.6. The minimum Gasteiger partial charge on any atom is -0.489 e. The highest BCUT2D eigenvalue weighted by atomic mass is 35.5. The predicted molar refractivity (Wildman–Crippen MR) is 152 cm³/mol. The molecule has 0 saturated carbocycles. The van der Waals surface area contributed by atoms with Crippen LogP contribution in [0.4, 0.5) is 0 Å². The van der Waals surface area contributed by atoms with Crippen molar-refractivity contribution in [3.63, 3.8) is 0 Å². The summed E-state index contributed by atoms with van der Waals surface area (Å²) in [5.74, 6) is 0.378. The third kappa shape index (κ3) is 4.59. The number of carbonyl (C=O) groups is 1. The Morgan fingerprint density at radius 1 is 0.897 bits per heavy atom. The van der Waals surface area contributed by atoms with Gasteiger partial charge in [0.15, 0.2) is 5.43 Å². The van der Waals surface area contributed by atoms with Gasteiger partial charge in [0, 0.05) is 11.6 Å². The summed E-state index contributed by atoms with van der Waals surface area (Å²) >= 11 is 6.49. The molecule has 1 amide bonds. The van der Waals surface area contributed by atoms with Gasteiger partial charge >= 0.3 is 0 Å². The quantitative estimate of drug-likeness (QED) is 0.227. The zero-order valence-corrected chi connectivity index (χ0v) is 22.4. The number of carbonyl (C=O) groups excluding carboxylic acids is 1. The van der Waals surface area contributed by atoms with E-state index in [4.69, 9.17) is 20.8 Å². The third-order valence-electron chi connectivity index (χ3n) is 7.12. The minimum atomic E-state index is -0.662. The maximum absolute atomic E-state index is 14.0. The van der Waals surface area contributed by atoms with Crippen molar-refractivity contribution in [2.45, 2.75) is 33.0 Å². The average Bonchev–Trinajstić information content (AvgIpc) is 3.21. The molecule has 1 aromatic heterocycles. The van der Waals surface area contributed by atoms with Crippen LogP contribution < -0.4 is 10.2 Å². The van der Waals surface area contributed by atoms with Crippen LogP contribution in [0.2, 0.25) is 5.02 Å². The van der Waals surface area contributed by atoms with E-state index in [1.165, 1.54) is 0 Å². The Balaban J connectivity index is 1.48.